The molecule has 1 unspecified atom stereocenters. The van der Waals surface area contributed by atoms with E-state index in [1.165, 1.54) is 11.1 Å². The topological polar surface area (TPSA) is 142 Å². The van der Waals surface area contributed by atoms with Crippen molar-refractivity contribution in [3.8, 4) is 17.2 Å². The zero-order valence-electron chi connectivity index (χ0n) is 26.4. The Labute approximate surface area is 304 Å². The van der Waals surface area contributed by atoms with Gasteiger partial charge in [0.15, 0.2) is 11.5 Å². The molecule has 0 spiro atoms. The standard InChI is InChI=1S/C18H21N3O2.C15H17N3OS.4ClH/c1-12-18(19)21-16-9-14(5-8-17(16)23-12)11-20-10-13-3-6-15(22-2)7-4-13;1-9-14(16)18-11-8-10(5-6-12(11)19-9)15(2,17)13-4-3-7-20-13;;;;/h3-9,20-21H,10-11,19H2,1-2H3;3-8,18H,16-17H2,1-2H3;4*1H. The minimum Gasteiger partial charge on any atom is -0.497 e. The van der Waals surface area contributed by atoms with Gasteiger partial charge in [0.05, 0.1) is 24.0 Å². The van der Waals surface area contributed by atoms with Crippen LogP contribution in [0.2, 0.25) is 0 Å². The van der Waals surface area contributed by atoms with Crippen molar-refractivity contribution in [2.75, 3.05) is 17.7 Å². The number of hydrogen-bond acceptors (Lipinski definition) is 10. The van der Waals surface area contributed by atoms with Gasteiger partial charge in [-0.15, -0.1) is 61.0 Å². The fraction of sp³-hybridized carbons (Fsp3) is 0.212. The predicted molar refractivity (Wildman–Crippen MR) is 203 cm³/mol. The third-order valence-corrected chi connectivity index (χ3v) is 8.40. The Morgan fingerprint density at radius 2 is 1.30 bits per heavy atom. The van der Waals surface area contributed by atoms with Crippen LogP contribution in [0.4, 0.5) is 11.4 Å². The number of methoxy groups -OCH3 is 1. The monoisotopic (exact) mass is 742 g/mol. The molecule has 14 heteroatoms. The van der Waals surface area contributed by atoms with E-state index in [9.17, 15) is 0 Å². The molecule has 0 amide bonds. The molecule has 0 aliphatic carbocycles. The number of nitrogens with one attached hydrogen (secondary N) is 3. The molecule has 0 bridgehead atoms. The minimum absolute atomic E-state index is 0. The van der Waals surface area contributed by atoms with Crippen LogP contribution in [0, 0.1) is 0 Å². The first kappa shape index (κ1) is 41.5. The second-order valence-corrected chi connectivity index (χ2v) is 11.5. The Morgan fingerprint density at radius 3 is 1.85 bits per heavy atom. The van der Waals surface area contributed by atoms with Crippen LogP contribution in [0.5, 0.6) is 17.2 Å². The number of halogens is 4. The average molecular weight is 745 g/mol. The summed E-state index contributed by atoms with van der Waals surface area (Å²) in [6, 6.07) is 24.1. The lowest BCUT2D eigenvalue weighted by atomic mass is 9.91. The van der Waals surface area contributed by atoms with Gasteiger partial charge in [-0.1, -0.05) is 30.3 Å². The third-order valence-electron chi connectivity index (χ3n) is 7.30. The number of nitrogens with two attached hydrogens (primary N) is 3. The maximum absolute atomic E-state index is 6.50. The molecule has 1 aromatic heterocycles. The van der Waals surface area contributed by atoms with Crippen molar-refractivity contribution in [2.24, 2.45) is 17.2 Å². The predicted octanol–water partition coefficient (Wildman–Crippen LogP) is 7.55. The lowest BCUT2D eigenvalue weighted by Crippen LogP contribution is -2.33. The molecular weight excluding hydrogens is 702 g/mol. The van der Waals surface area contributed by atoms with Crippen molar-refractivity contribution in [1.29, 1.82) is 0 Å². The lowest BCUT2D eigenvalue weighted by Gasteiger charge is -2.27. The second kappa shape index (κ2) is 18.2. The van der Waals surface area contributed by atoms with Crippen LogP contribution in [0.25, 0.3) is 0 Å². The zero-order valence-corrected chi connectivity index (χ0v) is 30.5. The van der Waals surface area contributed by atoms with E-state index in [0.717, 1.165) is 52.2 Å². The SMILES string of the molecule is CC1=C(N)Nc2cc(C(C)(N)c3cccs3)ccc2O1.COc1ccc(CNCc2ccc3c(c2)NC(N)=C(C)O3)cc1.Cl.Cl.Cl.Cl. The van der Waals surface area contributed by atoms with E-state index in [4.69, 9.17) is 31.4 Å². The number of fused-ring (bicyclic) bond motifs is 2. The number of allylic oxidation sites excluding steroid dienone is 2. The molecule has 0 saturated carbocycles. The fourth-order valence-electron chi connectivity index (χ4n) is 4.63. The Kier molecular flexibility index (Phi) is 16.1. The molecule has 47 heavy (non-hydrogen) atoms. The van der Waals surface area contributed by atoms with E-state index >= 15 is 0 Å². The van der Waals surface area contributed by atoms with Gasteiger partial charge in [-0.2, -0.15) is 0 Å². The minimum atomic E-state index is -0.532. The summed E-state index contributed by atoms with van der Waals surface area (Å²) >= 11 is 1.65. The molecule has 9 nitrogen and oxygen atoms in total. The van der Waals surface area contributed by atoms with E-state index in [1.54, 1.807) is 18.4 Å². The number of hydrogen-bond donors (Lipinski definition) is 6. The van der Waals surface area contributed by atoms with Gasteiger partial charge in [-0.25, -0.2) is 0 Å². The smallest absolute Gasteiger partial charge is 0.150 e. The Hall–Kier alpha value is -3.48. The van der Waals surface area contributed by atoms with E-state index < -0.39 is 5.54 Å². The molecular formula is C33H42Cl4N6O3S. The number of rotatable bonds is 7. The van der Waals surface area contributed by atoms with Crippen LogP contribution in [0.1, 0.15) is 42.3 Å². The maximum Gasteiger partial charge on any atom is 0.150 e. The lowest BCUT2D eigenvalue weighted by molar-refractivity contribution is 0.414. The number of benzene rings is 3. The number of thiophene rings is 1. The number of anilines is 2. The summed E-state index contributed by atoms with van der Waals surface area (Å²) in [7, 11) is 1.67. The molecule has 0 saturated heterocycles. The number of ether oxygens (including phenoxy) is 3. The maximum atomic E-state index is 6.50. The molecule has 0 fully saturated rings. The highest BCUT2D eigenvalue weighted by Crippen LogP contribution is 2.37. The second-order valence-electron chi connectivity index (χ2n) is 10.6. The summed E-state index contributed by atoms with van der Waals surface area (Å²) in [5.74, 6) is 4.90. The molecule has 6 rings (SSSR count). The molecule has 1 atom stereocenters. The van der Waals surface area contributed by atoms with Gasteiger partial charge in [-0.3, -0.25) is 0 Å². The summed E-state index contributed by atoms with van der Waals surface area (Å²) in [5, 5.41) is 11.8. The highest BCUT2D eigenvalue weighted by molar-refractivity contribution is 7.10. The third kappa shape index (κ3) is 10.0. The Bertz CT molecular complexity index is 1670. The largest absolute Gasteiger partial charge is 0.497 e. The summed E-state index contributed by atoms with van der Waals surface area (Å²) in [6.45, 7) is 7.25. The van der Waals surface area contributed by atoms with Crippen molar-refractivity contribution in [3.05, 3.63) is 123 Å². The quantitative estimate of drug-likeness (QED) is 0.113. The van der Waals surface area contributed by atoms with Crippen molar-refractivity contribution in [2.45, 2.75) is 39.4 Å². The van der Waals surface area contributed by atoms with Gasteiger partial charge in [0, 0.05) is 18.0 Å². The van der Waals surface area contributed by atoms with Crippen molar-refractivity contribution < 1.29 is 14.2 Å². The first-order chi connectivity index (χ1) is 20.6. The Morgan fingerprint density at radius 1 is 0.766 bits per heavy atom. The molecule has 2 aliphatic heterocycles. The van der Waals surface area contributed by atoms with Crippen molar-refractivity contribution >= 4 is 72.3 Å². The molecule has 4 aromatic rings. The summed E-state index contributed by atoms with van der Waals surface area (Å²) < 4.78 is 16.5. The molecule has 0 radical (unpaired) electrons. The van der Waals surface area contributed by atoms with Crippen LogP contribution < -0.4 is 47.4 Å². The summed E-state index contributed by atoms with van der Waals surface area (Å²) in [5.41, 5.74) is 22.8. The van der Waals surface area contributed by atoms with Gasteiger partial charge in [0.25, 0.3) is 0 Å². The van der Waals surface area contributed by atoms with Crippen molar-refractivity contribution in [1.82, 2.24) is 5.32 Å². The fourth-order valence-corrected chi connectivity index (χ4v) is 5.45. The molecule has 3 heterocycles. The van der Waals surface area contributed by atoms with Gasteiger partial charge in [0.1, 0.15) is 28.9 Å². The normalized spacial score (nSPS) is 13.6. The van der Waals surface area contributed by atoms with E-state index in [2.05, 4.69) is 40.2 Å². The first-order valence-electron chi connectivity index (χ1n) is 13.9. The first-order valence-corrected chi connectivity index (χ1v) is 14.8. The van der Waals surface area contributed by atoms with Crippen LogP contribution in [0.3, 0.4) is 0 Å². The van der Waals surface area contributed by atoms with Crippen LogP contribution in [0.15, 0.2) is 101 Å². The van der Waals surface area contributed by atoms with Crippen LogP contribution >= 0.6 is 61.0 Å². The highest BCUT2D eigenvalue weighted by Gasteiger charge is 2.27. The highest BCUT2D eigenvalue weighted by atomic mass is 35.5. The molecule has 256 valence electrons. The van der Waals surface area contributed by atoms with Gasteiger partial charge >= 0.3 is 0 Å². The molecule has 3 aromatic carbocycles. The molecule has 9 N–H and O–H groups in total. The van der Waals surface area contributed by atoms with E-state index in [-0.39, 0.29) is 49.6 Å². The van der Waals surface area contributed by atoms with Crippen molar-refractivity contribution in [3.63, 3.8) is 0 Å². The van der Waals surface area contributed by atoms with Gasteiger partial charge in [-0.05, 0) is 85.3 Å². The average Bonchev–Trinajstić information content (AvgIpc) is 3.55. The van der Waals surface area contributed by atoms with Gasteiger partial charge < -0.3 is 47.4 Å². The van der Waals surface area contributed by atoms with E-state index in [0.29, 0.717) is 23.2 Å². The summed E-state index contributed by atoms with van der Waals surface area (Å²) in [4.78, 5) is 1.12. The van der Waals surface area contributed by atoms with E-state index in [1.807, 2.05) is 74.7 Å². The molecule has 2 aliphatic rings. The van der Waals surface area contributed by atoms with Crippen LogP contribution in [-0.2, 0) is 18.6 Å². The Balaban J connectivity index is 0.000000436. The zero-order chi connectivity index (χ0) is 30.6. The summed E-state index contributed by atoms with van der Waals surface area (Å²) in [6.07, 6.45) is 0. The van der Waals surface area contributed by atoms with Crippen LogP contribution in [-0.4, -0.2) is 7.11 Å². The van der Waals surface area contributed by atoms with Gasteiger partial charge in [0.2, 0.25) is 0 Å².